The quantitative estimate of drug-likeness (QED) is 0.598. The zero-order valence-corrected chi connectivity index (χ0v) is 13.3. The Labute approximate surface area is 128 Å². The molecule has 0 saturated heterocycles. The van der Waals surface area contributed by atoms with E-state index < -0.39 is 0 Å². The molecule has 21 heavy (non-hydrogen) atoms. The van der Waals surface area contributed by atoms with Crippen LogP contribution in [-0.4, -0.2) is 28.3 Å². The minimum absolute atomic E-state index is 0.0476. The molecule has 3 N–H and O–H groups in total. The fourth-order valence-corrected chi connectivity index (χ4v) is 3.04. The second kappa shape index (κ2) is 7.55. The van der Waals surface area contributed by atoms with Gasteiger partial charge in [0.25, 0.3) is 0 Å². The normalized spacial score (nSPS) is 16.0. The first-order valence-corrected chi connectivity index (χ1v) is 8.09. The highest BCUT2D eigenvalue weighted by atomic mass is 15.2. The van der Waals surface area contributed by atoms with Gasteiger partial charge >= 0.3 is 0 Å². The van der Waals surface area contributed by atoms with Crippen molar-refractivity contribution in [1.29, 1.82) is 5.41 Å². The second-order valence-corrected chi connectivity index (χ2v) is 6.55. The van der Waals surface area contributed by atoms with Crippen LogP contribution >= 0.6 is 0 Å². The summed E-state index contributed by atoms with van der Waals surface area (Å²) in [4.78, 5) is 6.77. The Morgan fingerprint density at radius 2 is 2.14 bits per heavy atom. The first kappa shape index (κ1) is 16.0. The van der Waals surface area contributed by atoms with Gasteiger partial charge in [0.15, 0.2) is 0 Å². The van der Waals surface area contributed by atoms with Crippen LogP contribution in [0.5, 0.6) is 0 Å². The van der Waals surface area contributed by atoms with Crippen molar-refractivity contribution in [3.63, 3.8) is 0 Å². The Balaban J connectivity index is 2.06. The van der Waals surface area contributed by atoms with Crippen molar-refractivity contribution in [3.05, 3.63) is 29.6 Å². The average molecular weight is 288 g/mol. The van der Waals surface area contributed by atoms with Gasteiger partial charge in [-0.15, -0.1) is 0 Å². The van der Waals surface area contributed by atoms with Crippen molar-refractivity contribution >= 4 is 5.84 Å². The van der Waals surface area contributed by atoms with Crippen molar-refractivity contribution in [2.45, 2.75) is 58.5 Å². The predicted molar refractivity (Wildman–Crippen MR) is 87.4 cm³/mol. The molecule has 1 aliphatic carbocycles. The number of nitrogens with two attached hydrogens (primary N) is 1. The van der Waals surface area contributed by atoms with E-state index >= 15 is 0 Å². The SMILES string of the molecule is CC(C)CCN(Cc1ccnc(C(=N)N)c1)C1CCCC1. The summed E-state index contributed by atoms with van der Waals surface area (Å²) in [7, 11) is 0. The molecular formula is C17H28N4. The van der Waals surface area contributed by atoms with Gasteiger partial charge in [0.2, 0.25) is 0 Å². The van der Waals surface area contributed by atoms with Crippen molar-refractivity contribution in [3.8, 4) is 0 Å². The van der Waals surface area contributed by atoms with Crippen molar-refractivity contribution in [1.82, 2.24) is 9.88 Å². The van der Waals surface area contributed by atoms with Crippen LogP contribution < -0.4 is 5.73 Å². The lowest BCUT2D eigenvalue weighted by atomic mass is 10.1. The Bertz CT molecular complexity index is 464. The molecule has 1 aromatic rings. The standard InChI is InChI=1S/C17H28N4/c1-13(2)8-10-21(15-5-3-4-6-15)12-14-7-9-20-16(11-14)17(18)19/h7,9,11,13,15H,3-6,8,10,12H2,1-2H3,(H3,18,19). The van der Waals surface area contributed by atoms with Gasteiger partial charge in [-0.05, 0) is 49.4 Å². The lowest BCUT2D eigenvalue weighted by Crippen LogP contribution is -2.34. The van der Waals surface area contributed by atoms with E-state index in [1.54, 1.807) is 6.20 Å². The van der Waals surface area contributed by atoms with Crippen LogP contribution in [0, 0.1) is 11.3 Å². The number of pyridine rings is 1. The van der Waals surface area contributed by atoms with Crippen LogP contribution in [0.3, 0.4) is 0 Å². The molecule has 1 fully saturated rings. The third kappa shape index (κ3) is 4.81. The van der Waals surface area contributed by atoms with Crippen LogP contribution in [0.25, 0.3) is 0 Å². The minimum Gasteiger partial charge on any atom is -0.382 e. The van der Waals surface area contributed by atoms with Crippen LogP contribution in [0.15, 0.2) is 18.3 Å². The number of nitrogens with one attached hydrogen (secondary N) is 1. The van der Waals surface area contributed by atoms with E-state index in [2.05, 4.69) is 23.7 Å². The third-order valence-electron chi connectivity index (χ3n) is 4.32. The molecule has 0 unspecified atom stereocenters. The van der Waals surface area contributed by atoms with E-state index in [0.29, 0.717) is 5.69 Å². The Morgan fingerprint density at radius 1 is 1.43 bits per heavy atom. The second-order valence-electron chi connectivity index (χ2n) is 6.55. The number of hydrogen-bond acceptors (Lipinski definition) is 3. The number of aromatic nitrogens is 1. The van der Waals surface area contributed by atoms with E-state index in [0.717, 1.165) is 25.0 Å². The fourth-order valence-electron chi connectivity index (χ4n) is 3.04. The molecule has 4 heteroatoms. The maximum absolute atomic E-state index is 7.52. The maximum atomic E-state index is 7.52. The number of rotatable bonds is 7. The maximum Gasteiger partial charge on any atom is 0.141 e. The van der Waals surface area contributed by atoms with Crippen LogP contribution in [0.2, 0.25) is 0 Å². The van der Waals surface area contributed by atoms with Crippen molar-refractivity contribution in [2.75, 3.05) is 6.54 Å². The van der Waals surface area contributed by atoms with Gasteiger partial charge in [0.05, 0.1) is 0 Å². The largest absolute Gasteiger partial charge is 0.382 e. The average Bonchev–Trinajstić information content (AvgIpc) is 2.97. The first-order valence-electron chi connectivity index (χ1n) is 8.09. The lowest BCUT2D eigenvalue weighted by molar-refractivity contribution is 0.179. The van der Waals surface area contributed by atoms with Crippen molar-refractivity contribution < 1.29 is 0 Å². The summed E-state index contributed by atoms with van der Waals surface area (Å²) in [6.07, 6.45) is 8.36. The van der Waals surface area contributed by atoms with E-state index in [1.165, 1.54) is 37.7 Å². The molecule has 1 saturated carbocycles. The topological polar surface area (TPSA) is 66.0 Å². The first-order chi connectivity index (χ1) is 10.1. The smallest absolute Gasteiger partial charge is 0.141 e. The molecule has 0 amide bonds. The summed E-state index contributed by atoms with van der Waals surface area (Å²) in [6, 6.07) is 4.72. The van der Waals surface area contributed by atoms with E-state index in [4.69, 9.17) is 11.1 Å². The highest BCUT2D eigenvalue weighted by Crippen LogP contribution is 2.25. The molecule has 0 atom stereocenters. The zero-order valence-electron chi connectivity index (χ0n) is 13.3. The number of hydrogen-bond donors (Lipinski definition) is 2. The monoisotopic (exact) mass is 288 g/mol. The zero-order chi connectivity index (χ0) is 15.2. The van der Waals surface area contributed by atoms with Gasteiger partial charge in [0.1, 0.15) is 11.5 Å². The van der Waals surface area contributed by atoms with E-state index in [-0.39, 0.29) is 5.84 Å². The molecule has 1 heterocycles. The number of amidine groups is 1. The van der Waals surface area contributed by atoms with Gasteiger partial charge in [-0.25, -0.2) is 0 Å². The molecule has 4 nitrogen and oxygen atoms in total. The summed E-state index contributed by atoms with van der Waals surface area (Å²) in [6.45, 7) is 6.67. The Hall–Kier alpha value is -1.42. The van der Waals surface area contributed by atoms with E-state index in [9.17, 15) is 0 Å². The molecule has 0 bridgehead atoms. The van der Waals surface area contributed by atoms with Crippen LogP contribution in [-0.2, 0) is 6.54 Å². The third-order valence-corrected chi connectivity index (χ3v) is 4.32. The van der Waals surface area contributed by atoms with Crippen LogP contribution in [0.1, 0.15) is 57.2 Å². The number of nitrogen functional groups attached to an aromatic ring is 1. The molecule has 1 aliphatic rings. The molecule has 0 aliphatic heterocycles. The number of nitrogens with zero attached hydrogens (tertiary/aromatic N) is 2. The highest BCUT2D eigenvalue weighted by molar-refractivity contribution is 5.93. The summed E-state index contributed by atoms with van der Waals surface area (Å²) >= 11 is 0. The molecular weight excluding hydrogens is 260 g/mol. The fraction of sp³-hybridized carbons (Fsp3) is 0.647. The summed E-state index contributed by atoms with van der Waals surface area (Å²) in [5.41, 5.74) is 7.34. The lowest BCUT2D eigenvalue weighted by Gasteiger charge is -2.29. The Morgan fingerprint density at radius 3 is 2.76 bits per heavy atom. The Kier molecular flexibility index (Phi) is 5.74. The minimum atomic E-state index is 0.0476. The van der Waals surface area contributed by atoms with Gasteiger partial charge < -0.3 is 5.73 Å². The predicted octanol–water partition coefficient (Wildman–Crippen LogP) is 3.16. The summed E-state index contributed by atoms with van der Waals surface area (Å²) in [5.74, 6) is 0.783. The molecule has 2 rings (SSSR count). The molecule has 116 valence electrons. The summed E-state index contributed by atoms with van der Waals surface area (Å²) in [5, 5.41) is 7.52. The van der Waals surface area contributed by atoms with Crippen LogP contribution in [0.4, 0.5) is 0 Å². The molecule has 1 aromatic heterocycles. The molecule has 0 radical (unpaired) electrons. The summed E-state index contributed by atoms with van der Waals surface area (Å²) < 4.78 is 0. The van der Waals surface area contributed by atoms with Gasteiger partial charge in [-0.1, -0.05) is 26.7 Å². The molecule has 0 aromatic carbocycles. The van der Waals surface area contributed by atoms with Gasteiger partial charge in [-0.3, -0.25) is 15.3 Å². The highest BCUT2D eigenvalue weighted by Gasteiger charge is 2.22. The van der Waals surface area contributed by atoms with E-state index in [1.807, 2.05) is 12.1 Å². The van der Waals surface area contributed by atoms with Gasteiger partial charge in [0, 0.05) is 18.8 Å². The molecule has 0 spiro atoms. The van der Waals surface area contributed by atoms with Gasteiger partial charge in [-0.2, -0.15) is 0 Å². The van der Waals surface area contributed by atoms with Crippen molar-refractivity contribution in [2.24, 2.45) is 11.7 Å².